The van der Waals surface area contributed by atoms with Crippen molar-refractivity contribution in [3.05, 3.63) is 107 Å². The number of carbonyl (C=O) groups excluding carboxylic acids is 3. The van der Waals surface area contributed by atoms with Crippen molar-refractivity contribution in [1.29, 1.82) is 0 Å². The first-order chi connectivity index (χ1) is 23.8. The molecular weight excluding hydrogens is 628 g/mol. The number of carbonyl (C=O) groups is 3. The van der Waals surface area contributed by atoms with Gasteiger partial charge in [0.15, 0.2) is 34.5 Å². The minimum atomic E-state index is -0.874. The van der Waals surface area contributed by atoms with Crippen molar-refractivity contribution in [3.8, 4) is 34.5 Å². The number of ether oxygens (including phenoxy) is 6. The van der Waals surface area contributed by atoms with Crippen molar-refractivity contribution >= 4 is 29.6 Å². The van der Waals surface area contributed by atoms with Crippen LogP contribution in [-0.4, -0.2) is 45.3 Å². The number of amides is 4. The Morgan fingerprint density at radius 3 is 2.02 bits per heavy atom. The Bertz CT molecular complexity index is 1840. The second-order valence-electron chi connectivity index (χ2n) is 10.8. The number of nitrogens with one attached hydrogen (secondary N) is 1. The first kappa shape index (κ1) is 34.4. The fourth-order valence-electron chi connectivity index (χ4n) is 5.00. The minimum Gasteiger partial charge on any atom is -0.493 e. The second kappa shape index (κ2) is 16.2. The Hall–Kier alpha value is -5.97. The Morgan fingerprint density at radius 1 is 0.653 bits per heavy atom. The molecule has 0 unspecified atom stereocenters. The molecule has 1 fully saturated rings. The highest BCUT2D eigenvalue weighted by Crippen LogP contribution is 2.35. The number of hydrogen-bond acceptors (Lipinski definition) is 9. The third-order valence-corrected chi connectivity index (χ3v) is 7.41. The number of nitrogens with zero attached hydrogens (tertiary/aromatic N) is 1. The molecule has 11 nitrogen and oxygen atoms in total. The van der Waals surface area contributed by atoms with Crippen LogP contribution in [0.2, 0.25) is 0 Å². The smallest absolute Gasteiger partial charge is 0.335 e. The Labute approximate surface area is 284 Å². The fourth-order valence-corrected chi connectivity index (χ4v) is 5.00. The van der Waals surface area contributed by atoms with E-state index < -0.39 is 17.8 Å². The third-order valence-electron chi connectivity index (χ3n) is 7.41. The number of methoxy groups -OCH3 is 2. The van der Waals surface area contributed by atoms with E-state index in [1.807, 2.05) is 62.4 Å². The molecule has 5 rings (SSSR count). The summed E-state index contributed by atoms with van der Waals surface area (Å²) in [4.78, 5) is 40.0. The lowest BCUT2D eigenvalue weighted by Gasteiger charge is -2.27. The first-order valence-electron chi connectivity index (χ1n) is 15.8. The lowest BCUT2D eigenvalue weighted by atomic mass is 10.1. The molecule has 0 aliphatic carbocycles. The van der Waals surface area contributed by atoms with Crippen LogP contribution in [0.3, 0.4) is 0 Å². The minimum absolute atomic E-state index is 0.208. The number of anilines is 1. The summed E-state index contributed by atoms with van der Waals surface area (Å²) in [7, 11) is 2.95. The Balaban J connectivity index is 1.31. The van der Waals surface area contributed by atoms with Gasteiger partial charge in [-0.1, -0.05) is 49.4 Å². The van der Waals surface area contributed by atoms with Gasteiger partial charge in [-0.3, -0.25) is 14.9 Å². The fraction of sp³-hybridized carbons (Fsp3) is 0.237. The van der Waals surface area contributed by atoms with Crippen LogP contribution in [0.5, 0.6) is 34.5 Å². The zero-order chi connectivity index (χ0) is 34.8. The largest absolute Gasteiger partial charge is 0.493 e. The van der Waals surface area contributed by atoms with Crippen LogP contribution < -0.4 is 38.6 Å². The summed E-state index contributed by atoms with van der Waals surface area (Å²) in [6, 6.07) is 24.3. The molecule has 4 amide bonds. The van der Waals surface area contributed by atoms with Gasteiger partial charge < -0.3 is 28.4 Å². The number of rotatable bonds is 15. The summed E-state index contributed by atoms with van der Waals surface area (Å²) >= 11 is 0. The van der Waals surface area contributed by atoms with Crippen molar-refractivity contribution in [1.82, 2.24) is 5.32 Å². The molecule has 0 saturated carbocycles. The van der Waals surface area contributed by atoms with Crippen molar-refractivity contribution in [2.75, 3.05) is 32.3 Å². The molecule has 1 saturated heterocycles. The summed E-state index contributed by atoms with van der Waals surface area (Å²) in [6.45, 7) is 5.44. The van der Waals surface area contributed by atoms with Crippen molar-refractivity contribution in [2.24, 2.45) is 0 Å². The zero-order valence-electron chi connectivity index (χ0n) is 27.8. The van der Waals surface area contributed by atoms with Crippen molar-refractivity contribution < 1.29 is 42.8 Å². The summed E-state index contributed by atoms with van der Waals surface area (Å²) in [5.74, 6) is 1.26. The maximum absolute atomic E-state index is 13.5. The number of benzene rings is 4. The predicted molar refractivity (Wildman–Crippen MR) is 183 cm³/mol. The molecule has 0 bridgehead atoms. The van der Waals surface area contributed by atoms with Crippen LogP contribution in [0.25, 0.3) is 6.08 Å². The van der Waals surface area contributed by atoms with Gasteiger partial charge in [-0.2, -0.15) is 0 Å². The van der Waals surface area contributed by atoms with Crippen LogP contribution >= 0.6 is 0 Å². The molecule has 1 aliphatic heterocycles. The van der Waals surface area contributed by atoms with E-state index in [0.29, 0.717) is 59.9 Å². The zero-order valence-corrected chi connectivity index (χ0v) is 27.8. The molecule has 4 aromatic rings. The highest BCUT2D eigenvalue weighted by Gasteiger charge is 2.37. The van der Waals surface area contributed by atoms with E-state index in [-0.39, 0.29) is 17.9 Å². The van der Waals surface area contributed by atoms with Gasteiger partial charge in [0.2, 0.25) is 0 Å². The van der Waals surface area contributed by atoms with E-state index in [2.05, 4.69) is 5.32 Å². The van der Waals surface area contributed by atoms with Crippen molar-refractivity contribution in [3.63, 3.8) is 0 Å². The third kappa shape index (κ3) is 8.31. The number of barbiturate groups is 1. The van der Waals surface area contributed by atoms with E-state index >= 15 is 0 Å². The van der Waals surface area contributed by atoms with Gasteiger partial charge >= 0.3 is 6.03 Å². The van der Waals surface area contributed by atoms with E-state index in [9.17, 15) is 14.4 Å². The lowest BCUT2D eigenvalue weighted by molar-refractivity contribution is -0.122. The van der Waals surface area contributed by atoms with Crippen LogP contribution in [0, 0.1) is 0 Å². The van der Waals surface area contributed by atoms with E-state index in [1.165, 1.54) is 26.4 Å². The molecular formula is C38H38N2O9. The Kier molecular flexibility index (Phi) is 11.4. The lowest BCUT2D eigenvalue weighted by Crippen LogP contribution is -2.54. The maximum atomic E-state index is 13.5. The molecule has 0 radical (unpaired) electrons. The number of imide groups is 2. The average Bonchev–Trinajstić information content (AvgIpc) is 3.12. The summed E-state index contributed by atoms with van der Waals surface area (Å²) in [5, 5.41) is 2.24. The van der Waals surface area contributed by atoms with Gasteiger partial charge in [0.1, 0.15) is 18.8 Å². The normalized spacial score (nSPS) is 13.6. The highest BCUT2D eigenvalue weighted by molar-refractivity contribution is 6.39. The van der Waals surface area contributed by atoms with Gasteiger partial charge in [-0.25, -0.2) is 9.69 Å². The van der Waals surface area contributed by atoms with Gasteiger partial charge in [-0.15, -0.1) is 0 Å². The van der Waals surface area contributed by atoms with Crippen LogP contribution in [0.1, 0.15) is 37.0 Å². The topological polar surface area (TPSA) is 122 Å². The molecule has 1 N–H and O–H groups in total. The second-order valence-corrected chi connectivity index (χ2v) is 10.8. The van der Waals surface area contributed by atoms with Crippen LogP contribution in [0.4, 0.5) is 10.5 Å². The standard InChI is InChI=1S/C38H38N2O9/c1-5-18-47-30-17-14-28(22-34(30)45-4)40-37(42)29(36(41)39-38(40)43)19-26-12-15-31(33(20-26)44-3)49-24-27-13-16-32(35(21-27)46-6-2)48-23-25-10-8-7-9-11-25/h7-17,19-22H,5-6,18,23-24H2,1-4H3,(H,39,41,43)/b29-19-. The van der Waals surface area contributed by atoms with Crippen molar-refractivity contribution in [2.45, 2.75) is 33.5 Å². The maximum Gasteiger partial charge on any atom is 0.335 e. The Morgan fingerprint density at radius 2 is 1.31 bits per heavy atom. The molecule has 49 heavy (non-hydrogen) atoms. The summed E-state index contributed by atoms with van der Waals surface area (Å²) in [5.41, 5.74) is 2.35. The molecule has 1 heterocycles. The molecule has 11 heteroatoms. The van der Waals surface area contributed by atoms with Gasteiger partial charge in [-0.05, 0) is 72.5 Å². The van der Waals surface area contributed by atoms with Gasteiger partial charge in [0.25, 0.3) is 11.8 Å². The predicted octanol–water partition coefficient (Wildman–Crippen LogP) is 6.72. The molecule has 0 atom stereocenters. The number of urea groups is 1. The van der Waals surface area contributed by atoms with Gasteiger partial charge in [0, 0.05) is 6.07 Å². The summed E-state index contributed by atoms with van der Waals surface area (Å²) < 4.78 is 34.6. The molecule has 254 valence electrons. The molecule has 1 aliphatic rings. The average molecular weight is 667 g/mol. The number of hydrogen-bond donors (Lipinski definition) is 1. The SMILES string of the molecule is CCCOc1ccc(N2C(=O)NC(=O)/C(=C/c3ccc(OCc4ccc(OCc5ccccc5)c(OCC)c4)c(OC)c3)C2=O)cc1OC. The van der Waals surface area contributed by atoms with Crippen LogP contribution in [-0.2, 0) is 22.8 Å². The quantitative estimate of drug-likeness (QED) is 0.109. The van der Waals surface area contributed by atoms with E-state index in [1.54, 1.807) is 30.3 Å². The van der Waals surface area contributed by atoms with Gasteiger partial charge in [0.05, 0.1) is 33.1 Å². The first-order valence-corrected chi connectivity index (χ1v) is 15.8. The van der Waals surface area contributed by atoms with E-state index in [0.717, 1.165) is 22.4 Å². The molecule has 0 aromatic heterocycles. The monoisotopic (exact) mass is 666 g/mol. The van der Waals surface area contributed by atoms with Crippen LogP contribution in [0.15, 0.2) is 90.5 Å². The molecule has 4 aromatic carbocycles. The summed E-state index contributed by atoms with van der Waals surface area (Å²) in [6.07, 6.45) is 2.18. The molecule has 0 spiro atoms. The highest BCUT2D eigenvalue weighted by atomic mass is 16.5. The van der Waals surface area contributed by atoms with E-state index in [4.69, 9.17) is 28.4 Å².